The van der Waals surface area contributed by atoms with Gasteiger partial charge in [-0.3, -0.25) is 4.90 Å². The molecule has 0 aromatic carbocycles. The van der Waals surface area contributed by atoms with Gasteiger partial charge in [-0.05, 0) is 46.2 Å². The average Bonchev–Trinajstić information content (AvgIpc) is 2.71. The Labute approximate surface area is 142 Å². The van der Waals surface area contributed by atoms with Crippen LogP contribution in [0.2, 0.25) is 5.15 Å². The summed E-state index contributed by atoms with van der Waals surface area (Å²) < 4.78 is 11.2. The fraction of sp³-hybridized carbons (Fsp3) is 0.529. The Hall–Kier alpha value is -1.59. The molecule has 1 unspecified atom stereocenters. The second-order valence-electron chi connectivity index (χ2n) is 6.95. The molecule has 2 rings (SSSR count). The summed E-state index contributed by atoms with van der Waals surface area (Å²) in [4.78, 5) is 18.2. The van der Waals surface area contributed by atoms with Crippen LogP contribution in [-0.4, -0.2) is 40.0 Å². The molecule has 126 valence electrons. The van der Waals surface area contributed by atoms with Gasteiger partial charge in [0.05, 0.1) is 12.6 Å². The molecule has 6 heteroatoms. The molecule has 1 saturated heterocycles. The summed E-state index contributed by atoms with van der Waals surface area (Å²) in [6.07, 6.45) is 5.11. The third-order valence-electron chi connectivity index (χ3n) is 3.37. The van der Waals surface area contributed by atoms with E-state index in [4.69, 9.17) is 21.1 Å². The van der Waals surface area contributed by atoms with Gasteiger partial charge in [-0.2, -0.15) is 0 Å². The topological polar surface area (TPSA) is 51.7 Å². The van der Waals surface area contributed by atoms with E-state index in [0.717, 1.165) is 5.56 Å². The van der Waals surface area contributed by atoms with Crippen LogP contribution in [0, 0.1) is 0 Å². The highest BCUT2D eigenvalue weighted by Gasteiger charge is 2.44. The van der Waals surface area contributed by atoms with Crippen molar-refractivity contribution in [2.75, 3.05) is 6.61 Å². The SMILES string of the molecule is CC(C)(C)OC(=O)N1C(C=Cc2ccc(Cl)nc2)COC1(C)C. The molecule has 0 saturated carbocycles. The van der Waals surface area contributed by atoms with E-state index in [0.29, 0.717) is 11.8 Å². The number of aromatic nitrogens is 1. The standard InChI is InChI=1S/C17H23ClN2O3/c1-16(2,3)23-15(21)20-13(11-22-17(20,4)5)8-6-12-7-9-14(18)19-10-12/h6-10,13H,11H2,1-5H3. The first-order valence-corrected chi connectivity index (χ1v) is 7.92. The highest BCUT2D eigenvalue weighted by molar-refractivity contribution is 6.29. The number of hydrogen-bond donors (Lipinski definition) is 0. The van der Waals surface area contributed by atoms with Crippen LogP contribution in [-0.2, 0) is 9.47 Å². The molecular weight excluding hydrogens is 316 g/mol. The molecule has 1 aromatic rings. The zero-order valence-electron chi connectivity index (χ0n) is 14.2. The van der Waals surface area contributed by atoms with Gasteiger partial charge >= 0.3 is 6.09 Å². The Morgan fingerprint density at radius 3 is 2.74 bits per heavy atom. The van der Waals surface area contributed by atoms with Crippen LogP contribution in [0.15, 0.2) is 24.4 Å². The lowest BCUT2D eigenvalue weighted by atomic mass is 10.1. The molecule has 0 aliphatic carbocycles. The van der Waals surface area contributed by atoms with Gasteiger partial charge in [0.25, 0.3) is 0 Å². The third-order valence-corrected chi connectivity index (χ3v) is 3.59. The number of amides is 1. The average molecular weight is 339 g/mol. The molecule has 23 heavy (non-hydrogen) atoms. The molecule has 1 aliphatic rings. The van der Waals surface area contributed by atoms with Crippen LogP contribution in [0.1, 0.15) is 40.2 Å². The maximum absolute atomic E-state index is 12.5. The van der Waals surface area contributed by atoms with Gasteiger partial charge in [0, 0.05) is 6.20 Å². The van der Waals surface area contributed by atoms with E-state index in [9.17, 15) is 4.79 Å². The molecule has 5 nitrogen and oxygen atoms in total. The zero-order valence-corrected chi connectivity index (χ0v) is 14.9. The lowest BCUT2D eigenvalue weighted by Crippen LogP contribution is -2.49. The summed E-state index contributed by atoms with van der Waals surface area (Å²) in [5.74, 6) is 0. The predicted molar refractivity (Wildman–Crippen MR) is 90.2 cm³/mol. The van der Waals surface area contributed by atoms with Crippen molar-refractivity contribution in [2.24, 2.45) is 0 Å². The second-order valence-corrected chi connectivity index (χ2v) is 7.34. The van der Waals surface area contributed by atoms with E-state index in [-0.39, 0.29) is 12.1 Å². The van der Waals surface area contributed by atoms with Crippen LogP contribution >= 0.6 is 11.6 Å². The van der Waals surface area contributed by atoms with E-state index < -0.39 is 11.3 Å². The van der Waals surface area contributed by atoms with Crippen LogP contribution in [0.5, 0.6) is 0 Å². The fourth-order valence-electron chi connectivity index (χ4n) is 2.35. The Morgan fingerprint density at radius 1 is 1.48 bits per heavy atom. The lowest BCUT2D eigenvalue weighted by Gasteiger charge is -2.34. The van der Waals surface area contributed by atoms with Crippen molar-refractivity contribution in [1.82, 2.24) is 9.88 Å². The molecular formula is C17H23ClN2O3. The molecule has 0 spiro atoms. The maximum Gasteiger partial charge on any atom is 0.413 e. The number of nitrogens with zero attached hydrogens (tertiary/aromatic N) is 2. The van der Waals surface area contributed by atoms with E-state index in [2.05, 4.69) is 4.98 Å². The van der Waals surface area contributed by atoms with Gasteiger partial charge in [0.2, 0.25) is 0 Å². The monoisotopic (exact) mass is 338 g/mol. The molecule has 2 heterocycles. The van der Waals surface area contributed by atoms with Crippen molar-refractivity contribution in [1.29, 1.82) is 0 Å². The molecule has 1 fully saturated rings. The first-order valence-electron chi connectivity index (χ1n) is 7.54. The summed E-state index contributed by atoms with van der Waals surface area (Å²) in [5.41, 5.74) is -0.358. The number of carbonyl (C=O) groups excluding carboxylic acids is 1. The van der Waals surface area contributed by atoms with Crippen molar-refractivity contribution < 1.29 is 14.3 Å². The van der Waals surface area contributed by atoms with Gasteiger partial charge in [0.15, 0.2) is 0 Å². The Morgan fingerprint density at radius 2 is 2.17 bits per heavy atom. The highest BCUT2D eigenvalue weighted by atomic mass is 35.5. The van der Waals surface area contributed by atoms with Crippen LogP contribution in [0.3, 0.4) is 0 Å². The summed E-state index contributed by atoms with van der Waals surface area (Å²) in [5, 5.41) is 0.447. The van der Waals surface area contributed by atoms with Crippen molar-refractivity contribution in [3.05, 3.63) is 35.1 Å². The largest absolute Gasteiger partial charge is 0.444 e. The van der Waals surface area contributed by atoms with Gasteiger partial charge in [-0.25, -0.2) is 9.78 Å². The summed E-state index contributed by atoms with van der Waals surface area (Å²) in [6, 6.07) is 3.39. The van der Waals surface area contributed by atoms with Crippen molar-refractivity contribution in [3.8, 4) is 0 Å². The minimum atomic E-state index is -0.713. The molecule has 1 amide bonds. The smallest absolute Gasteiger partial charge is 0.413 e. The van der Waals surface area contributed by atoms with E-state index in [1.54, 1.807) is 17.2 Å². The van der Waals surface area contributed by atoms with Gasteiger partial charge in [0.1, 0.15) is 16.5 Å². The molecule has 1 aliphatic heterocycles. The number of rotatable bonds is 2. The Kier molecular flexibility index (Phi) is 5.01. The first-order chi connectivity index (χ1) is 10.6. The Balaban J connectivity index is 2.16. The third kappa shape index (κ3) is 4.69. The van der Waals surface area contributed by atoms with Crippen LogP contribution < -0.4 is 0 Å². The van der Waals surface area contributed by atoms with Gasteiger partial charge in [-0.15, -0.1) is 0 Å². The van der Waals surface area contributed by atoms with Crippen LogP contribution in [0.25, 0.3) is 6.08 Å². The van der Waals surface area contributed by atoms with Gasteiger partial charge in [-0.1, -0.05) is 29.8 Å². The lowest BCUT2D eigenvalue weighted by molar-refractivity contribution is -0.0610. The molecule has 1 aromatic heterocycles. The molecule has 1 atom stereocenters. The normalized spacial score (nSPS) is 21.0. The summed E-state index contributed by atoms with van der Waals surface area (Å²) in [7, 11) is 0. The van der Waals surface area contributed by atoms with Gasteiger partial charge < -0.3 is 9.47 Å². The zero-order chi connectivity index (χ0) is 17.3. The van der Waals surface area contributed by atoms with E-state index in [1.165, 1.54) is 0 Å². The number of ether oxygens (including phenoxy) is 2. The molecule has 0 N–H and O–H groups in total. The highest BCUT2D eigenvalue weighted by Crippen LogP contribution is 2.30. The predicted octanol–water partition coefficient (Wildman–Crippen LogP) is 4.12. The summed E-state index contributed by atoms with van der Waals surface area (Å²) >= 11 is 5.78. The number of hydrogen-bond acceptors (Lipinski definition) is 4. The number of carbonyl (C=O) groups is 1. The Bertz CT molecular complexity index is 591. The van der Waals surface area contributed by atoms with E-state index >= 15 is 0 Å². The quantitative estimate of drug-likeness (QED) is 0.761. The van der Waals surface area contributed by atoms with Crippen molar-refractivity contribution in [2.45, 2.75) is 52.0 Å². The van der Waals surface area contributed by atoms with Crippen molar-refractivity contribution in [3.63, 3.8) is 0 Å². The maximum atomic E-state index is 12.5. The number of pyridine rings is 1. The second kappa shape index (κ2) is 6.49. The minimum absolute atomic E-state index is 0.199. The minimum Gasteiger partial charge on any atom is -0.444 e. The molecule has 0 radical (unpaired) electrons. The van der Waals surface area contributed by atoms with E-state index in [1.807, 2.05) is 52.8 Å². The number of halogens is 1. The first kappa shape index (κ1) is 17.8. The van der Waals surface area contributed by atoms with Crippen molar-refractivity contribution >= 4 is 23.8 Å². The fourth-order valence-corrected chi connectivity index (χ4v) is 2.46. The van der Waals surface area contributed by atoms with Crippen LogP contribution in [0.4, 0.5) is 4.79 Å². The summed E-state index contributed by atoms with van der Waals surface area (Å²) in [6.45, 7) is 9.67. The molecule has 0 bridgehead atoms.